The number of hydrogen-bond donors (Lipinski definition) is 2. The van der Waals surface area contributed by atoms with E-state index in [4.69, 9.17) is 14.4 Å². The summed E-state index contributed by atoms with van der Waals surface area (Å²) in [5, 5.41) is 8.76. The summed E-state index contributed by atoms with van der Waals surface area (Å²) in [5.74, 6) is -2.40. The molecule has 0 amide bonds. The normalized spacial score (nSPS) is 13.9. The minimum atomic E-state index is -4.56. The Labute approximate surface area is 111 Å². The van der Waals surface area contributed by atoms with Crippen LogP contribution in [0.15, 0.2) is 0 Å². The zero-order valence-corrected chi connectivity index (χ0v) is 11.8. The van der Waals surface area contributed by atoms with Gasteiger partial charge in [-0.15, -0.1) is 0 Å². The van der Waals surface area contributed by atoms with Crippen LogP contribution in [0.5, 0.6) is 0 Å². The van der Waals surface area contributed by atoms with Crippen LogP contribution in [0.1, 0.15) is 27.2 Å². The summed E-state index contributed by atoms with van der Waals surface area (Å²) in [7, 11) is -4.56. The third kappa shape index (κ3) is 7.75. The zero-order chi connectivity index (χ0) is 15.3. The third-order valence-electron chi connectivity index (χ3n) is 2.34. The average molecular weight is 298 g/mol. The van der Waals surface area contributed by atoms with Gasteiger partial charge in [0.1, 0.15) is 13.2 Å². The molecule has 0 saturated heterocycles. The van der Waals surface area contributed by atoms with Crippen molar-refractivity contribution >= 4 is 22.3 Å². The lowest BCUT2D eigenvalue weighted by molar-refractivity contribution is -0.157. The fourth-order valence-electron chi connectivity index (χ4n) is 1.41. The molecule has 1 atom stereocenters. The molecule has 0 aromatic heterocycles. The molecule has 0 aromatic carbocycles. The highest BCUT2D eigenvalue weighted by atomic mass is 32.3. The largest absolute Gasteiger partial charge is 0.481 e. The van der Waals surface area contributed by atoms with Crippen molar-refractivity contribution in [3.05, 3.63) is 0 Å². The molecule has 2 N–H and O–H groups in total. The molecule has 8 nitrogen and oxygen atoms in total. The molecule has 0 heterocycles. The van der Waals surface area contributed by atoms with Crippen molar-refractivity contribution in [3.63, 3.8) is 0 Å². The third-order valence-corrected chi connectivity index (χ3v) is 2.80. The summed E-state index contributed by atoms with van der Waals surface area (Å²) >= 11 is 0. The second kappa shape index (κ2) is 6.83. The maximum Gasteiger partial charge on any atom is 0.397 e. The highest BCUT2D eigenvalue weighted by molar-refractivity contribution is 7.80. The van der Waals surface area contributed by atoms with Crippen molar-refractivity contribution in [3.8, 4) is 0 Å². The number of rotatable bonds is 8. The van der Waals surface area contributed by atoms with E-state index >= 15 is 0 Å². The van der Waals surface area contributed by atoms with Crippen molar-refractivity contribution in [1.29, 1.82) is 0 Å². The summed E-state index contributed by atoms with van der Waals surface area (Å²) in [6.45, 7) is 3.66. The quantitative estimate of drug-likeness (QED) is 0.376. The predicted molar refractivity (Wildman–Crippen MR) is 63.7 cm³/mol. The standard InChI is InChI=1S/C10H18O8S/c1-7(8(11)12)6-10(2,3)9(13)17-4-5-18-19(14,15)16/h7H,4-6H2,1-3H3,(H,11,12)(H,14,15,16). The van der Waals surface area contributed by atoms with Crippen LogP contribution in [0.4, 0.5) is 0 Å². The number of aliphatic carboxylic acids is 1. The number of carbonyl (C=O) groups excluding carboxylic acids is 1. The first-order chi connectivity index (χ1) is 8.46. The highest BCUT2D eigenvalue weighted by Crippen LogP contribution is 2.27. The van der Waals surface area contributed by atoms with Crippen LogP contribution in [0.3, 0.4) is 0 Å². The molecule has 0 spiro atoms. The second-order valence-electron chi connectivity index (χ2n) is 4.71. The Morgan fingerprint density at radius 2 is 1.79 bits per heavy atom. The summed E-state index contributed by atoms with van der Waals surface area (Å²) in [6, 6.07) is 0. The number of esters is 1. The Hall–Kier alpha value is -1.19. The van der Waals surface area contributed by atoms with Gasteiger partial charge in [-0.05, 0) is 20.3 Å². The van der Waals surface area contributed by atoms with Crippen molar-refractivity contribution in [1.82, 2.24) is 0 Å². The van der Waals surface area contributed by atoms with Gasteiger partial charge >= 0.3 is 22.3 Å². The van der Waals surface area contributed by atoms with Gasteiger partial charge in [0.25, 0.3) is 0 Å². The van der Waals surface area contributed by atoms with Crippen LogP contribution < -0.4 is 0 Å². The molecule has 112 valence electrons. The fraction of sp³-hybridized carbons (Fsp3) is 0.800. The van der Waals surface area contributed by atoms with Crippen molar-refractivity contribution < 1.29 is 36.6 Å². The van der Waals surface area contributed by atoms with E-state index in [2.05, 4.69) is 4.18 Å². The fourth-order valence-corrected chi connectivity index (χ4v) is 1.68. The van der Waals surface area contributed by atoms with Gasteiger partial charge < -0.3 is 9.84 Å². The Morgan fingerprint density at radius 3 is 2.21 bits per heavy atom. The zero-order valence-electron chi connectivity index (χ0n) is 11.0. The first-order valence-electron chi connectivity index (χ1n) is 5.47. The van der Waals surface area contributed by atoms with Gasteiger partial charge in [-0.25, -0.2) is 4.18 Å². The number of ether oxygens (including phenoxy) is 1. The molecule has 1 unspecified atom stereocenters. The molecule has 0 aliphatic rings. The molecule has 0 saturated carbocycles. The topological polar surface area (TPSA) is 127 Å². The molecule has 0 aliphatic heterocycles. The van der Waals surface area contributed by atoms with Crippen molar-refractivity contribution in [2.24, 2.45) is 11.3 Å². The lowest BCUT2D eigenvalue weighted by Crippen LogP contribution is -2.31. The molecule has 0 aliphatic carbocycles. The Bertz CT molecular complexity index is 425. The maximum atomic E-state index is 11.7. The number of carboxylic acid groups (broad SMARTS) is 1. The van der Waals surface area contributed by atoms with Crippen LogP contribution in [0, 0.1) is 11.3 Å². The second-order valence-corrected chi connectivity index (χ2v) is 5.80. The van der Waals surface area contributed by atoms with Gasteiger partial charge in [-0.1, -0.05) is 6.92 Å². The average Bonchev–Trinajstić information content (AvgIpc) is 2.21. The summed E-state index contributed by atoms with van der Waals surface area (Å²) < 4.78 is 37.4. The number of hydrogen-bond acceptors (Lipinski definition) is 6. The van der Waals surface area contributed by atoms with E-state index in [0.29, 0.717) is 0 Å². The Morgan fingerprint density at radius 1 is 1.26 bits per heavy atom. The molecule has 0 fully saturated rings. The van der Waals surface area contributed by atoms with Crippen molar-refractivity contribution in [2.75, 3.05) is 13.2 Å². The smallest absolute Gasteiger partial charge is 0.397 e. The molecule has 9 heteroatoms. The van der Waals surface area contributed by atoms with Gasteiger partial charge in [0.05, 0.1) is 11.3 Å². The minimum absolute atomic E-state index is 0.0837. The molecule has 19 heavy (non-hydrogen) atoms. The Balaban J connectivity index is 4.22. The van der Waals surface area contributed by atoms with E-state index in [1.54, 1.807) is 0 Å². The first kappa shape index (κ1) is 17.8. The van der Waals surface area contributed by atoms with Crippen LogP contribution >= 0.6 is 0 Å². The van der Waals surface area contributed by atoms with Gasteiger partial charge in [0.2, 0.25) is 0 Å². The van der Waals surface area contributed by atoms with Crippen LogP contribution in [0.2, 0.25) is 0 Å². The molecule has 0 radical (unpaired) electrons. The molecular formula is C10H18O8S. The lowest BCUT2D eigenvalue weighted by Gasteiger charge is -2.24. The van der Waals surface area contributed by atoms with Crippen LogP contribution in [0.25, 0.3) is 0 Å². The molecule has 0 rings (SSSR count). The van der Waals surface area contributed by atoms with E-state index in [9.17, 15) is 18.0 Å². The van der Waals surface area contributed by atoms with E-state index < -0.39 is 40.3 Å². The number of carboxylic acids is 1. The van der Waals surface area contributed by atoms with Gasteiger partial charge in [0, 0.05) is 0 Å². The predicted octanol–water partition coefficient (Wildman–Crippen LogP) is 0.486. The monoisotopic (exact) mass is 298 g/mol. The van der Waals surface area contributed by atoms with E-state index in [0.717, 1.165) is 0 Å². The molecular weight excluding hydrogens is 280 g/mol. The van der Waals surface area contributed by atoms with Gasteiger partial charge in [-0.3, -0.25) is 14.1 Å². The Kier molecular flexibility index (Phi) is 6.40. The highest BCUT2D eigenvalue weighted by Gasteiger charge is 2.33. The van der Waals surface area contributed by atoms with E-state index in [-0.39, 0.29) is 13.0 Å². The first-order valence-corrected chi connectivity index (χ1v) is 6.84. The van der Waals surface area contributed by atoms with Crippen LogP contribution in [-0.2, 0) is 28.9 Å². The van der Waals surface area contributed by atoms with Gasteiger partial charge in [-0.2, -0.15) is 8.42 Å². The van der Waals surface area contributed by atoms with Crippen LogP contribution in [-0.4, -0.2) is 43.2 Å². The summed E-state index contributed by atoms with van der Waals surface area (Å²) in [5.41, 5.74) is -1.02. The minimum Gasteiger partial charge on any atom is -0.481 e. The summed E-state index contributed by atoms with van der Waals surface area (Å²) in [4.78, 5) is 22.4. The number of carbonyl (C=O) groups is 2. The van der Waals surface area contributed by atoms with Crippen molar-refractivity contribution in [2.45, 2.75) is 27.2 Å². The summed E-state index contributed by atoms with van der Waals surface area (Å²) in [6.07, 6.45) is 0.0837. The SMILES string of the molecule is CC(CC(C)(C)C(=O)OCCOS(=O)(=O)O)C(=O)O. The molecule has 0 aromatic rings. The van der Waals surface area contributed by atoms with Gasteiger partial charge in [0.15, 0.2) is 0 Å². The van der Waals surface area contributed by atoms with E-state index in [1.807, 2.05) is 0 Å². The lowest BCUT2D eigenvalue weighted by atomic mass is 9.83. The maximum absolute atomic E-state index is 11.7. The molecule has 0 bridgehead atoms. The van der Waals surface area contributed by atoms with E-state index in [1.165, 1.54) is 20.8 Å².